The summed E-state index contributed by atoms with van der Waals surface area (Å²) in [7, 11) is 1.50. The molecule has 0 saturated heterocycles. The molecule has 0 spiro atoms. The first-order valence-corrected chi connectivity index (χ1v) is 7.34. The number of nitrogens with zero attached hydrogens (tertiary/aromatic N) is 1. The quantitative estimate of drug-likeness (QED) is 0.868. The van der Waals surface area contributed by atoms with Crippen LogP contribution in [0.3, 0.4) is 0 Å². The van der Waals surface area contributed by atoms with Crippen LogP contribution in [0, 0.1) is 11.8 Å². The summed E-state index contributed by atoms with van der Waals surface area (Å²) in [5.74, 6) is 1.56. The Bertz CT molecular complexity index is 492. The Morgan fingerprint density at radius 2 is 1.85 bits per heavy atom. The van der Waals surface area contributed by atoms with Gasteiger partial charge in [-0.1, -0.05) is 6.07 Å². The van der Waals surface area contributed by atoms with Gasteiger partial charge < -0.3 is 14.7 Å². The summed E-state index contributed by atoms with van der Waals surface area (Å²) in [6.07, 6.45) is 4.88. The molecule has 1 amide bonds. The summed E-state index contributed by atoms with van der Waals surface area (Å²) < 4.78 is 5.08. The molecular weight excluding hydrogens is 254 g/mol. The molecule has 0 atom stereocenters. The van der Waals surface area contributed by atoms with Crippen LogP contribution >= 0.6 is 0 Å². The van der Waals surface area contributed by atoms with Crippen molar-refractivity contribution in [2.24, 2.45) is 11.8 Å². The van der Waals surface area contributed by atoms with E-state index in [9.17, 15) is 9.90 Å². The van der Waals surface area contributed by atoms with Crippen molar-refractivity contribution in [2.45, 2.75) is 25.7 Å². The molecule has 0 heterocycles. The molecule has 2 aliphatic carbocycles. The van der Waals surface area contributed by atoms with Crippen molar-refractivity contribution in [3.63, 3.8) is 0 Å². The Morgan fingerprint density at radius 3 is 2.35 bits per heavy atom. The Balaban J connectivity index is 1.79. The second-order valence-electron chi connectivity index (χ2n) is 5.95. The number of carbonyl (C=O) groups is 1. The van der Waals surface area contributed by atoms with Crippen LogP contribution in [-0.4, -0.2) is 36.1 Å². The van der Waals surface area contributed by atoms with Crippen molar-refractivity contribution in [3.8, 4) is 11.5 Å². The van der Waals surface area contributed by atoms with E-state index < -0.39 is 0 Å². The van der Waals surface area contributed by atoms with Crippen LogP contribution in [-0.2, 0) is 0 Å². The lowest BCUT2D eigenvalue weighted by Crippen LogP contribution is -2.34. The molecule has 20 heavy (non-hydrogen) atoms. The van der Waals surface area contributed by atoms with Crippen molar-refractivity contribution < 1.29 is 14.6 Å². The lowest BCUT2D eigenvalue weighted by molar-refractivity contribution is 0.0736. The van der Waals surface area contributed by atoms with Crippen LogP contribution in [0.15, 0.2) is 18.2 Å². The molecule has 2 fully saturated rings. The van der Waals surface area contributed by atoms with E-state index in [-0.39, 0.29) is 11.7 Å². The van der Waals surface area contributed by atoms with E-state index in [1.165, 1.54) is 32.8 Å². The van der Waals surface area contributed by atoms with Gasteiger partial charge in [-0.2, -0.15) is 0 Å². The highest BCUT2D eigenvalue weighted by atomic mass is 16.5. The Hall–Kier alpha value is -1.71. The smallest absolute Gasteiger partial charge is 0.257 e. The zero-order valence-corrected chi connectivity index (χ0v) is 11.8. The predicted molar refractivity (Wildman–Crippen MR) is 76.0 cm³/mol. The van der Waals surface area contributed by atoms with Crippen LogP contribution in [0.25, 0.3) is 0 Å². The van der Waals surface area contributed by atoms with Gasteiger partial charge in [0.25, 0.3) is 5.91 Å². The van der Waals surface area contributed by atoms with Crippen molar-refractivity contribution in [2.75, 3.05) is 20.2 Å². The maximum atomic E-state index is 12.7. The van der Waals surface area contributed by atoms with Crippen molar-refractivity contribution in [1.29, 1.82) is 0 Å². The number of phenols is 1. The number of hydrogen-bond acceptors (Lipinski definition) is 3. The first-order valence-electron chi connectivity index (χ1n) is 7.34. The molecule has 0 bridgehead atoms. The molecule has 108 valence electrons. The van der Waals surface area contributed by atoms with Gasteiger partial charge in [-0.25, -0.2) is 0 Å². The molecule has 1 aromatic carbocycles. The SMILES string of the molecule is COc1cccc(C(=O)N(CC2CC2)CC2CC2)c1O. The third-order valence-corrected chi connectivity index (χ3v) is 4.09. The highest BCUT2D eigenvalue weighted by molar-refractivity contribution is 5.97. The number of ether oxygens (including phenoxy) is 1. The van der Waals surface area contributed by atoms with E-state index in [4.69, 9.17) is 4.74 Å². The summed E-state index contributed by atoms with van der Waals surface area (Å²) in [6, 6.07) is 5.09. The largest absolute Gasteiger partial charge is 0.504 e. The summed E-state index contributed by atoms with van der Waals surface area (Å²) in [5, 5.41) is 10.1. The number of carbonyl (C=O) groups excluding carboxylic acids is 1. The van der Waals surface area contributed by atoms with E-state index in [0.29, 0.717) is 23.1 Å². The minimum Gasteiger partial charge on any atom is -0.504 e. The van der Waals surface area contributed by atoms with Crippen LogP contribution in [0.2, 0.25) is 0 Å². The van der Waals surface area contributed by atoms with Crippen LogP contribution < -0.4 is 4.74 Å². The van der Waals surface area contributed by atoms with Crippen molar-refractivity contribution in [1.82, 2.24) is 4.90 Å². The molecule has 0 radical (unpaired) electrons. The zero-order chi connectivity index (χ0) is 14.1. The first kappa shape index (κ1) is 13.3. The van der Waals surface area contributed by atoms with E-state index in [2.05, 4.69) is 0 Å². The molecule has 4 heteroatoms. The van der Waals surface area contributed by atoms with Gasteiger partial charge in [0.2, 0.25) is 0 Å². The van der Waals surface area contributed by atoms with E-state index in [0.717, 1.165) is 13.1 Å². The van der Waals surface area contributed by atoms with E-state index >= 15 is 0 Å². The minimum absolute atomic E-state index is 0.0448. The van der Waals surface area contributed by atoms with Gasteiger partial charge in [0.15, 0.2) is 11.5 Å². The number of para-hydroxylation sites is 1. The van der Waals surface area contributed by atoms with Gasteiger partial charge in [0.05, 0.1) is 12.7 Å². The average Bonchev–Trinajstić information content (AvgIpc) is 3.33. The molecule has 1 N–H and O–H groups in total. The van der Waals surface area contributed by atoms with E-state index in [1.54, 1.807) is 18.2 Å². The standard InChI is InChI=1S/C16H21NO3/c1-20-14-4-2-3-13(15(14)18)16(19)17(9-11-5-6-11)10-12-7-8-12/h2-4,11-12,18H,5-10H2,1H3. The Labute approximate surface area is 119 Å². The molecule has 0 aliphatic heterocycles. The number of methoxy groups -OCH3 is 1. The molecule has 0 unspecified atom stereocenters. The molecule has 2 saturated carbocycles. The topological polar surface area (TPSA) is 49.8 Å². The Morgan fingerprint density at radius 1 is 1.25 bits per heavy atom. The molecule has 1 aromatic rings. The van der Waals surface area contributed by atoms with Crippen LogP contribution in [0.4, 0.5) is 0 Å². The molecule has 0 aromatic heterocycles. The molecule has 2 aliphatic rings. The van der Waals surface area contributed by atoms with Gasteiger partial charge >= 0.3 is 0 Å². The molecule has 4 nitrogen and oxygen atoms in total. The van der Waals surface area contributed by atoms with Crippen LogP contribution in [0.5, 0.6) is 11.5 Å². The molecular formula is C16H21NO3. The highest BCUT2D eigenvalue weighted by Crippen LogP contribution is 2.36. The number of amides is 1. The highest BCUT2D eigenvalue weighted by Gasteiger charge is 2.32. The lowest BCUT2D eigenvalue weighted by atomic mass is 10.1. The second-order valence-corrected chi connectivity index (χ2v) is 5.95. The van der Waals surface area contributed by atoms with Gasteiger partial charge in [0, 0.05) is 13.1 Å². The van der Waals surface area contributed by atoms with Gasteiger partial charge in [-0.05, 0) is 49.7 Å². The summed E-state index contributed by atoms with van der Waals surface area (Å²) in [5.41, 5.74) is 0.352. The maximum absolute atomic E-state index is 12.7. The zero-order valence-electron chi connectivity index (χ0n) is 11.8. The predicted octanol–water partition coefficient (Wildman–Crippen LogP) is 2.66. The maximum Gasteiger partial charge on any atom is 0.257 e. The van der Waals surface area contributed by atoms with E-state index in [1.807, 2.05) is 4.90 Å². The monoisotopic (exact) mass is 275 g/mol. The Kier molecular flexibility index (Phi) is 3.55. The van der Waals surface area contributed by atoms with Crippen molar-refractivity contribution in [3.05, 3.63) is 23.8 Å². The second kappa shape index (κ2) is 5.35. The fourth-order valence-corrected chi connectivity index (χ4v) is 2.49. The lowest BCUT2D eigenvalue weighted by Gasteiger charge is -2.23. The fraction of sp³-hybridized carbons (Fsp3) is 0.562. The fourth-order valence-electron chi connectivity index (χ4n) is 2.49. The van der Waals surface area contributed by atoms with Gasteiger partial charge in [-0.3, -0.25) is 4.79 Å². The third-order valence-electron chi connectivity index (χ3n) is 4.09. The summed E-state index contributed by atoms with van der Waals surface area (Å²) in [6.45, 7) is 1.65. The normalized spacial score (nSPS) is 17.9. The number of rotatable bonds is 6. The van der Waals surface area contributed by atoms with Gasteiger partial charge in [0.1, 0.15) is 0 Å². The minimum atomic E-state index is -0.0693. The van der Waals surface area contributed by atoms with Crippen LogP contribution in [0.1, 0.15) is 36.0 Å². The number of benzene rings is 1. The average molecular weight is 275 g/mol. The summed E-state index contributed by atoms with van der Waals surface area (Å²) >= 11 is 0. The number of phenolic OH excluding ortho intramolecular Hbond substituents is 1. The summed E-state index contributed by atoms with van der Waals surface area (Å²) in [4.78, 5) is 14.6. The number of hydrogen-bond donors (Lipinski definition) is 1. The third kappa shape index (κ3) is 2.89. The molecule has 3 rings (SSSR count). The first-order chi connectivity index (χ1) is 9.69. The van der Waals surface area contributed by atoms with Crippen molar-refractivity contribution >= 4 is 5.91 Å². The number of aromatic hydroxyl groups is 1. The van der Waals surface area contributed by atoms with Gasteiger partial charge in [-0.15, -0.1) is 0 Å².